The molecule has 0 aliphatic carbocycles. The van der Waals surface area contributed by atoms with Gasteiger partial charge in [-0.1, -0.05) is 69.2 Å². The second-order valence-corrected chi connectivity index (χ2v) is 12.5. The van der Waals surface area contributed by atoms with Crippen molar-refractivity contribution in [2.24, 2.45) is 10.8 Å². The summed E-state index contributed by atoms with van der Waals surface area (Å²) < 4.78 is 0. The molecule has 0 aromatic carbocycles. The minimum Gasteiger partial charge on any atom is -0.261 e. The van der Waals surface area contributed by atoms with Gasteiger partial charge in [0.2, 0.25) is 0 Å². The van der Waals surface area contributed by atoms with Gasteiger partial charge in [0, 0.05) is 35.1 Å². The van der Waals surface area contributed by atoms with Crippen LogP contribution < -0.4 is 0 Å². The maximum Gasteiger partial charge on any atom is 0.134 e. The molecule has 0 aliphatic heterocycles. The summed E-state index contributed by atoms with van der Waals surface area (Å²) in [6, 6.07) is 2.05. The van der Waals surface area contributed by atoms with E-state index >= 15 is 0 Å². The Balaban J connectivity index is 2.08. The van der Waals surface area contributed by atoms with Crippen LogP contribution in [-0.2, 0) is 23.7 Å². The van der Waals surface area contributed by atoms with E-state index in [1.165, 1.54) is 0 Å². The number of aromatic nitrogens is 4. The highest BCUT2D eigenvalue weighted by Crippen LogP contribution is 2.34. The van der Waals surface area contributed by atoms with Gasteiger partial charge in [0.05, 0.1) is 11.4 Å². The first-order valence-corrected chi connectivity index (χ1v) is 11.2. The van der Waals surface area contributed by atoms with Gasteiger partial charge in [-0.2, -0.15) is 0 Å². The third-order valence-electron chi connectivity index (χ3n) is 5.57. The smallest absolute Gasteiger partial charge is 0.134 e. The van der Waals surface area contributed by atoms with Crippen LogP contribution in [0, 0.1) is 10.8 Å². The van der Waals surface area contributed by atoms with Crippen molar-refractivity contribution in [2.75, 3.05) is 0 Å². The first-order chi connectivity index (χ1) is 13.6. The zero-order valence-electron chi connectivity index (χ0n) is 20.9. The molecular formula is C26H42N4. The van der Waals surface area contributed by atoms with Crippen molar-refractivity contribution in [3.63, 3.8) is 0 Å². The zero-order chi connectivity index (χ0) is 22.8. The highest BCUT2D eigenvalue weighted by molar-refractivity contribution is 5.13. The summed E-state index contributed by atoms with van der Waals surface area (Å²) in [6.07, 6.45) is 9.73. The van der Waals surface area contributed by atoms with E-state index in [9.17, 15) is 0 Å². The fourth-order valence-corrected chi connectivity index (χ4v) is 3.56. The molecule has 30 heavy (non-hydrogen) atoms. The molecule has 4 heteroatoms. The van der Waals surface area contributed by atoms with E-state index in [1.807, 2.05) is 18.6 Å². The van der Waals surface area contributed by atoms with Crippen LogP contribution in [0.15, 0.2) is 24.7 Å². The topological polar surface area (TPSA) is 51.6 Å². The lowest BCUT2D eigenvalue weighted by molar-refractivity contribution is 0.276. The SMILES string of the molecule is CC(C)(C)Cc1ccnc(C(C)(C)CCC(C)(C)Cc2cncc(C(C)(C)C)n2)n1. The molecule has 2 aromatic heterocycles. The molecule has 0 amide bonds. The second kappa shape index (κ2) is 8.72. The summed E-state index contributed by atoms with van der Waals surface area (Å²) in [6.45, 7) is 22.5. The molecule has 4 nitrogen and oxygen atoms in total. The molecule has 166 valence electrons. The van der Waals surface area contributed by atoms with Crippen molar-refractivity contribution in [3.05, 3.63) is 47.6 Å². The number of hydrogen-bond donors (Lipinski definition) is 0. The summed E-state index contributed by atoms with van der Waals surface area (Å²) in [4.78, 5) is 18.9. The number of nitrogens with zero attached hydrogens (tertiary/aromatic N) is 4. The molecule has 0 bridgehead atoms. The van der Waals surface area contributed by atoms with Gasteiger partial charge in [-0.05, 0) is 42.6 Å². The lowest BCUT2D eigenvalue weighted by atomic mass is 9.76. The first kappa shape index (κ1) is 24.4. The first-order valence-electron chi connectivity index (χ1n) is 11.2. The highest BCUT2D eigenvalue weighted by Gasteiger charge is 2.29. The van der Waals surface area contributed by atoms with E-state index in [-0.39, 0.29) is 21.7 Å². The van der Waals surface area contributed by atoms with Crippen LogP contribution in [0.1, 0.15) is 105 Å². The number of rotatable bonds is 7. The minimum absolute atomic E-state index is 0.0184. The monoisotopic (exact) mass is 410 g/mol. The average Bonchev–Trinajstić information content (AvgIpc) is 2.58. The van der Waals surface area contributed by atoms with Gasteiger partial charge < -0.3 is 0 Å². The molecule has 2 heterocycles. The Kier molecular flexibility index (Phi) is 7.10. The van der Waals surface area contributed by atoms with Crippen LogP contribution in [0.3, 0.4) is 0 Å². The summed E-state index contributed by atoms with van der Waals surface area (Å²) in [7, 11) is 0. The van der Waals surface area contributed by atoms with E-state index in [0.29, 0.717) is 0 Å². The number of hydrogen-bond acceptors (Lipinski definition) is 4. The normalized spacial score (nSPS) is 13.5. The predicted molar refractivity (Wildman–Crippen MR) is 126 cm³/mol. The van der Waals surface area contributed by atoms with Crippen LogP contribution >= 0.6 is 0 Å². The molecule has 0 saturated heterocycles. The van der Waals surface area contributed by atoms with Gasteiger partial charge in [0.15, 0.2) is 0 Å². The van der Waals surface area contributed by atoms with Gasteiger partial charge in [0.25, 0.3) is 0 Å². The molecule has 0 spiro atoms. The van der Waals surface area contributed by atoms with Crippen molar-refractivity contribution >= 4 is 0 Å². The predicted octanol–water partition coefficient (Wildman–Crippen LogP) is 6.48. The van der Waals surface area contributed by atoms with Crippen LogP contribution in [-0.4, -0.2) is 19.9 Å². The molecule has 2 rings (SSSR count). The zero-order valence-corrected chi connectivity index (χ0v) is 20.9. The summed E-state index contributed by atoms with van der Waals surface area (Å²) in [5.74, 6) is 0.953. The standard InChI is InChI=1S/C26H42N4/c1-23(2,3)15-19-11-14-28-22(30-19)26(9,10)13-12-25(7,8)16-20-17-27-18-21(29-20)24(4,5)6/h11,14,17-18H,12-13,15-16H2,1-10H3. The van der Waals surface area contributed by atoms with Gasteiger partial charge in [-0.3, -0.25) is 9.97 Å². The Hall–Kier alpha value is -1.84. The van der Waals surface area contributed by atoms with E-state index in [2.05, 4.69) is 85.3 Å². The van der Waals surface area contributed by atoms with Crippen LogP contribution in [0.2, 0.25) is 0 Å². The molecule has 0 fully saturated rings. The Bertz CT molecular complexity index is 839. The highest BCUT2D eigenvalue weighted by atomic mass is 14.9. The Morgan fingerprint density at radius 3 is 2.00 bits per heavy atom. The summed E-state index contributed by atoms with van der Waals surface area (Å²) in [5.41, 5.74) is 3.57. The minimum atomic E-state index is -0.0654. The van der Waals surface area contributed by atoms with Crippen LogP contribution in [0.4, 0.5) is 0 Å². The van der Waals surface area contributed by atoms with Crippen molar-refractivity contribution in [1.29, 1.82) is 0 Å². The van der Waals surface area contributed by atoms with Crippen molar-refractivity contribution in [1.82, 2.24) is 19.9 Å². The fraction of sp³-hybridized carbons (Fsp3) is 0.692. The van der Waals surface area contributed by atoms with Crippen LogP contribution in [0.5, 0.6) is 0 Å². The maximum atomic E-state index is 4.92. The second-order valence-electron chi connectivity index (χ2n) is 12.5. The fourth-order valence-electron chi connectivity index (χ4n) is 3.56. The molecule has 0 atom stereocenters. The molecular weight excluding hydrogens is 368 g/mol. The van der Waals surface area contributed by atoms with E-state index in [4.69, 9.17) is 9.97 Å². The summed E-state index contributed by atoms with van der Waals surface area (Å²) in [5, 5.41) is 0. The van der Waals surface area contributed by atoms with Crippen molar-refractivity contribution < 1.29 is 0 Å². The van der Waals surface area contributed by atoms with Crippen molar-refractivity contribution in [3.8, 4) is 0 Å². The molecule has 0 aliphatic rings. The maximum absolute atomic E-state index is 4.92. The third-order valence-corrected chi connectivity index (χ3v) is 5.57. The van der Waals surface area contributed by atoms with E-state index in [0.717, 1.165) is 48.6 Å². The quantitative estimate of drug-likeness (QED) is 0.524. The summed E-state index contributed by atoms with van der Waals surface area (Å²) >= 11 is 0. The molecule has 2 aromatic rings. The molecule has 0 unspecified atom stereocenters. The third kappa shape index (κ3) is 7.45. The van der Waals surface area contributed by atoms with E-state index in [1.54, 1.807) is 0 Å². The lowest BCUT2D eigenvalue weighted by Crippen LogP contribution is -2.26. The lowest BCUT2D eigenvalue weighted by Gasteiger charge is -2.31. The Morgan fingerprint density at radius 1 is 0.733 bits per heavy atom. The van der Waals surface area contributed by atoms with E-state index < -0.39 is 0 Å². The van der Waals surface area contributed by atoms with Gasteiger partial charge >= 0.3 is 0 Å². The van der Waals surface area contributed by atoms with Gasteiger partial charge in [-0.15, -0.1) is 0 Å². The Morgan fingerprint density at radius 2 is 1.40 bits per heavy atom. The van der Waals surface area contributed by atoms with Crippen LogP contribution in [0.25, 0.3) is 0 Å². The molecule has 0 saturated carbocycles. The Labute approximate surface area is 184 Å². The van der Waals surface area contributed by atoms with Gasteiger partial charge in [-0.25, -0.2) is 9.97 Å². The van der Waals surface area contributed by atoms with Gasteiger partial charge in [0.1, 0.15) is 5.82 Å². The molecule has 0 N–H and O–H groups in total. The average molecular weight is 411 g/mol. The van der Waals surface area contributed by atoms with Crippen molar-refractivity contribution in [2.45, 2.75) is 106 Å². The largest absolute Gasteiger partial charge is 0.261 e. The molecule has 0 radical (unpaired) electrons.